The van der Waals surface area contributed by atoms with Crippen LogP contribution in [0.25, 0.3) is 11.3 Å². The van der Waals surface area contributed by atoms with E-state index in [9.17, 15) is 36.5 Å². The smallest absolute Gasteiger partial charge is 0.318 e. The van der Waals surface area contributed by atoms with Gasteiger partial charge in [0.25, 0.3) is 21.9 Å². The predicted molar refractivity (Wildman–Crippen MR) is 204 cm³/mol. The number of carbonyl (C=O) groups excluding carboxylic acids is 4. The van der Waals surface area contributed by atoms with Gasteiger partial charge in [0.1, 0.15) is 28.9 Å². The Hall–Kier alpha value is -5.11. The molecule has 15 nitrogen and oxygen atoms in total. The molecule has 2 unspecified atom stereocenters. The van der Waals surface area contributed by atoms with E-state index in [1.54, 1.807) is 17.7 Å². The number of halogens is 3. The molecule has 0 radical (unpaired) electrons. The normalized spacial score (nSPS) is 20.3. The van der Waals surface area contributed by atoms with E-state index in [1.165, 1.54) is 4.90 Å². The summed E-state index contributed by atoms with van der Waals surface area (Å²) >= 11 is 0. The number of nitrogens with zero attached hydrogens (tertiary/aromatic N) is 4. The number of amides is 5. The number of urea groups is 1. The lowest BCUT2D eigenvalue weighted by Crippen LogP contribution is -2.53. The minimum Gasteiger partial charge on any atom is -0.381 e. The summed E-state index contributed by atoms with van der Waals surface area (Å²) in [6.07, 6.45) is 2.44. The largest absolute Gasteiger partial charge is 0.381 e. The quantitative estimate of drug-likeness (QED) is 0.123. The number of ether oxygens (including phenoxy) is 1. The lowest BCUT2D eigenvalue weighted by Gasteiger charge is -2.40. The van der Waals surface area contributed by atoms with Gasteiger partial charge in [0.05, 0.1) is 11.7 Å². The number of hydrogen-bond acceptors (Lipinski definition) is 9. The summed E-state index contributed by atoms with van der Waals surface area (Å²) in [7, 11) is -4.87. The third-order valence-electron chi connectivity index (χ3n) is 10.6. The van der Waals surface area contributed by atoms with Crippen LogP contribution in [0.1, 0.15) is 43.6 Å². The van der Waals surface area contributed by atoms with Crippen molar-refractivity contribution in [3.05, 3.63) is 89.9 Å². The van der Waals surface area contributed by atoms with Gasteiger partial charge in [-0.2, -0.15) is 8.42 Å². The lowest BCUT2D eigenvalue weighted by molar-refractivity contribution is -0.137. The van der Waals surface area contributed by atoms with Gasteiger partial charge in [0.2, 0.25) is 5.91 Å². The number of benzene rings is 2. The Balaban J connectivity index is 1.28. The molecule has 4 heterocycles. The third kappa shape index (κ3) is 10.5. The van der Waals surface area contributed by atoms with Crippen LogP contribution in [0.2, 0.25) is 0 Å². The first kappa shape index (κ1) is 42.5. The third-order valence-corrected chi connectivity index (χ3v) is 11.7. The van der Waals surface area contributed by atoms with Gasteiger partial charge in [-0.1, -0.05) is 30.3 Å². The molecule has 5 amide bonds. The first-order valence-electron chi connectivity index (χ1n) is 19.0. The fourth-order valence-electron chi connectivity index (χ4n) is 7.46. The van der Waals surface area contributed by atoms with E-state index in [-0.39, 0.29) is 49.9 Å². The summed E-state index contributed by atoms with van der Waals surface area (Å²) in [5, 5.41) is 6.62. The molecule has 3 aromatic rings. The number of hydrogen-bond donors (Lipinski definition) is 4. The highest BCUT2D eigenvalue weighted by atomic mass is 32.2. The summed E-state index contributed by atoms with van der Waals surface area (Å²) in [5.74, 6) is -4.27. The Kier molecular flexibility index (Phi) is 13.7. The van der Waals surface area contributed by atoms with Crippen LogP contribution in [-0.2, 0) is 35.8 Å². The van der Waals surface area contributed by atoms with Gasteiger partial charge < -0.3 is 30.2 Å². The van der Waals surface area contributed by atoms with Crippen molar-refractivity contribution in [2.45, 2.75) is 56.2 Å². The average Bonchev–Trinajstić information content (AvgIpc) is 3.89. The van der Waals surface area contributed by atoms with E-state index in [0.717, 1.165) is 35.9 Å². The average molecular weight is 830 g/mol. The number of aromatic nitrogens is 2. The second-order valence-electron chi connectivity index (χ2n) is 14.8. The zero-order chi connectivity index (χ0) is 41.6. The molecule has 3 aliphatic heterocycles. The Morgan fingerprint density at radius 1 is 1.07 bits per heavy atom. The molecule has 6 rings (SSSR count). The van der Waals surface area contributed by atoms with Gasteiger partial charge in [-0.05, 0) is 49.4 Å². The fraction of sp³-hybridized carbons (Fsp3) is 0.462. The molecule has 2 aromatic carbocycles. The number of imide groups is 1. The van der Waals surface area contributed by atoms with E-state index in [2.05, 4.69) is 16.0 Å². The number of imidazole rings is 1. The highest BCUT2D eigenvalue weighted by Gasteiger charge is 2.41. The molecule has 2 saturated heterocycles. The molecule has 19 heteroatoms. The standard InChI is InChI=1S/C39H46F3N7O8S/c1-24(17-44-34(50)16-29(58(54,55)56)22-48-35(51)9-10-36(48)52)45-39(53)49(21-27-18-43-19-32(27)42)37(26-11-13-57-14-12-26)38-46-33(30-15-28(40)7-8-31(30)41)23-47(38)20-25-5-3-2-4-6-25/h2-10,15,23-24,26-27,29,32,37,43H,11-14,16-22H2,1H3,(H,44,50)(H,45,53)(H,54,55,56)/t24-,27-,29?,32-,37?/m0/s1. The van der Waals surface area contributed by atoms with Crippen LogP contribution in [0.4, 0.5) is 18.0 Å². The van der Waals surface area contributed by atoms with Crippen LogP contribution in [0.15, 0.2) is 66.9 Å². The molecule has 312 valence electrons. The molecule has 0 spiro atoms. The Morgan fingerprint density at radius 2 is 1.78 bits per heavy atom. The molecular weight excluding hydrogens is 784 g/mol. The maximum Gasteiger partial charge on any atom is 0.318 e. The lowest BCUT2D eigenvalue weighted by atomic mass is 9.89. The molecule has 0 saturated carbocycles. The topological polar surface area (TPSA) is 192 Å². The highest BCUT2D eigenvalue weighted by Crippen LogP contribution is 2.38. The van der Waals surface area contributed by atoms with Crippen molar-refractivity contribution < 1.29 is 50.1 Å². The van der Waals surface area contributed by atoms with Crippen LogP contribution in [0.5, 0.6) is 0 Å². The summed E-state index contributed by atoms with van der Waals surface area (Å²) in [6.45, 7) is 1.98. The first-order valence-corrected chi connectivity index (χ1v) is 20.5. The van der Waals surface area contributed by atoms with Crippen LogP contribution in [-0.4, -0.2) is 119 Å². The van der Waals surface area contributed by atoms with Gasteiger partial charge >= 0.3 is 6.03 Å². The summed E-state index contributed by atoms with van der Waals surface area (Å²) < 4.78 is 86.5. The van der Waals surface area contributed by atoms with Gasteiger partial charge in [0.15, 0.2) is 0 Å². The molecule has 58 heavy (non-hydrogen) atoms. The van der Waals surface area contributed by atoms with E-state index < -0.39 is 87.9 Å². The van der Waals surface area contributed by atoms with E-state index in [4.69, 9.17) is 9.72 Å². The molecule has 5 atom stereocenters. The van der Waals surface area contributed by atoms with E-state index >= 15 is 8.78 Å². The maximum absolute atomic E-state index is 15.3. The van der Waals surface area contributed by atoms with Crippen molar-refractivity contribution in [3.63, 3.8) is 0 Å². The minimum absolute atomic E-state index is 0.0538. The highest BCUT2D eigenvalue weighted by molar-refractivity contribution is 7.86. The Labute approximate surface area is 333 Å². The van der Waals surface area contributed by atoms with Crippen molar-refractivity contribution in [3.8, 4) is 11.3 Å². The van der Waals surface area contributed by atoms with Crippen LogP contribution < -0.4 is 16.0 Å². The van der Waals surface area contributed by atoms with Crippen LogP contribution >= 0.6 is 0 Å². The van der Waals surface area contributed by atoms with Crippen molar-refractivity contribution in [2.75, 3.05) is 45.9 Å². The van der Waals surface area contributed by atoms with E-state index in [1.807, 2.05) is 30.3 Å². The SMILES string of the molecule is C[C@@H](CNC(=O)CC(CN1C(=O)C=CC1=O)S(=O)(=O)O)NC(=O)N(C[C@@H]1CNC[C@@H]1F)C(c1nc(-c2cc(F)ccc2F)cn1Cc1ccccc1)C1CCOCC1. The summed E-state index contributed by atoms with van der Waals surface area (Å²) in [6, 6.07) is 10.2. The number of alkyl halides is 1. The monoisotopic (exact) mass is 829 g/mol. The summed E-state index contributed by atoms with van der Waals surface area (Å²) in [4.78, 5) is 58.5. The number of nitrogens with one attached hydrogen (secondary N) is 3. The maximum atomic E-state index is 15.3. The van der Waals surface area contributed by atoms with Gasteiger partial charge in [-0.3, -0.25) is 23.8 Å². The first-order chi connectivity index (χ1) is 27.7. The molecule has 4 N–H and O–H groups in total. The minimum atomic E-state index is -4.87. The Morgan fingerprint density at radius 3 is 2.43 bits per heavy atom. The second-order valence-corrected chi connectivity index (χ2v) is 16.5. The van der Waals surface area contributed by atoms with Crippen LogP contribution in [0, 0.1) is 23.5 Å². The fourth-order valence-corrected chi connectivity index (χ4v) is 8.16. The Bertz CT molecular complexity index is 2100. The molecule has 1 aromatic heterocycles. The number of rotatable bonds is 16. The van der Waals surface area contributed by atoms with Crippen molar-refractivity contribution >= 4 is 33.9 Å². The molecule has 0 bridgehead atoms. The van der Waals surface area contributed by atoms with Gasteiger partial charge in [0, 0.05) is 94.8 Å². The zero-order valence-electron chi connectivity index (χ0n) is 31.7. The van der Waals surface area contributed by atoms with Gasteiger partial charge in [-0.15, -0.1) is 0 Å². The number of carbonyl (C=O) groups is 4. The van der Waals surface area contributed by atoms with Crippen molar-refractivity contribution in [1.29, 1.82) is 0 Å². The van der Waals surface area contributed by atoms with E-state index in [0.29, 0.717) is 36.8 Å². The second kappa shape index (κ2) is 18.6. The summed E-state index contributed by atoms with van der Waals surface area (Å²) in [5.41, 5.74) is 0.934. The van der Waals surface area contributed by atoms with Crippen molar-refractivity contribution in [2.24, 2.45) is 11.8 Å². The van der Waals surface area contributed by atoms with Gasteiger partial charge in [-0.25, -0.2) is 22.9 Å². The zero-order valence-corrected chi connectivity index (χ0v) is 32.5. The predicted octanol–water partition coefficient (Wildman–Crippen LogP) is 2.99. The molecule has 2 fully saturated rings. The van der Waals surface area contributed by atoms with Crippen LogP contribution in [0.3, 0.4) is 0 Å². The molecule has 3 aliphatic rings. The molecular formula is C39H46F3N7O8S. The molecule has 0 aliphatic carbocycles. The van der Waals surface area contributed by atoms with Crippen molar-refractivity contribution in [1.82, 2.24) is 35.3 Å².